The van der Waals surface area contributed by atoms with E-state index in [0.717, 1.165) is 18.4 Å². The molecule has 0 aliphatic heterocycles. The van der Waals surface area contributed by atoms with Gasteiger partial charge in [0.25, 0.3) is 15.9 Å². The molecule has 1 aliphatic rings. The Hall–Kier alpha value is -2.02. The highest BCUT2D eigenvalue weighted by molar-refractivity contribution is 7.90. The van der Waals surface area contributed by atoms with Crippen molar-refractivity contribution in [2.24, 2.45) is 11.8 Å². The fourth-order valence-electron chi connectivity index (χ4n) is 2.93. The van der Waals surface area contributed by atoms with Gasteiger partial charge in [-0.05, 0) is 31.4 Å². The Kier molecular flexibility index (Phi) is 5.54. The lowest BCUT2D eigenvalue weighted by Crippen LogP contribution is -2.46. The van der Waals surface area contributed by atoms with Crippen molar-refractivity contribution in [3.8, 4) is 0 Å². The third-order valence-corrected chi connectivity index (χ3v) is 5.51. The molecule has 1 aliphatic carbocycles. The van der Waals surface area contributed by atoms with Gasteiger partial charge in [0.05, 0.1) is 4.90 Å². The summed E-state index contributed by atoms with van der Waals surface area (Å²) in [7, 11) is -4.10. The number of ketones is 2. The first-order valence-corrected chi connectivity index (χ1v) is 9.41. The zero-order valence-corrected chi connectivity index (χ0v) is 14.6. The van der Waals surface area contributed by atoms with Gasteiger partial charge in [0.1, 0.15) is 0 Å². The van der Waals surface area contributed by atoms with Crippen LogP contribution in [0.3, 0.4) is 0 Å². The molecule has 0 radical (unpaired) electrons. The first-order chi connectivity index (χ1) is 11.2. The van der Waals surface area contributed by atoms with Crippen molar-refractivity contribution in [1.82, 2.24) is 4.72 Å². The number of nitrogens with one attached hydrogen (secondary N) is 1. The number of sulfonamides is 1. The van der Waals surface area contributed by atoms with Gasteiger partial charge >= 0.3 is 0 Å². The number of benzene rings is 1. The van der Waals surface area contributed by atoms with Crippen molar-refractivity contribution in [2.75, 3.05) is 0 Å². The molecule has 0 atom stereocenters. The van der Waals surface area contributed by atoms with E-state index in [-0.39, 0.29) is 23.7 Å². The van der Waals surface area contributed by atoms with Crippen LogP contribution in [0.25, 0.3) is 0 Å². The van der Waals surface area contributed by atoms with Crippen molar-refractivity contribution in [3.05, 3.63) is 29.8 Å². The Bertz CT molecular complexity index is 734. The summed E-state index contributed by atoms with van der Waals surface area (Å²) in [5, 5.41) is 0. The summed E-state index contributed by atoms with van der Waals surface area (Å²) in [6.07, 6.45) is 1.88. The second-order valence-electron chi connectivity index (χ2n) is 6.21. The maximum atomic E-state index is 12.2. The topological polar surface area (TPSA) is 97.4 Å². The third-order valence-electron chi connectivity index (χ3n) is 4.15. The van der Waals surface area contributed by atoms with Crippen LogP contribution in [0.2, 0.25) is 0 Å². The maximum absolute atomic E-state index is 12.2. The van der Waals surface area contributed by atoms with E-state index < -0.39 is 33.4 Å². The fraction of sp³-hybridized carbons (Fsp3) is 0.471. The number of carbonyl (C=O) groups is 3. The Balaban J connectivity index is 2.13. The van der Waals surface area contributed by atoms with Gasteiger partial charge in [-0.2, -0.15) is 0 Å². The summed E-state index contributed by atoms with van der Waals surface area (Å²) in [4.78, 5) is 36.4. The molecule has 0 aromatic heterocycles. The zero-order chi connectivity index (χ0) is 17.9. The second kappa shape index (κ2) is 7.25. The van der Waals surface area contributed by atoms with Gasteiger partial charge in [0.15, 0.2) is 17.5 Å². The van der Waals surface area contributed by atoms with Crippen molar-refractivity contribution in [3.63, 3.8) is 0 Å². The fourth-order valence-corrected chi connectivity index (χ4v) is 3.92. The van der Waals surface area contributed by atoms with Crippen LogP contribution in [-0.4, -0.2) is 25.9 Å². The minimum atomic E-state index is -4.10. The Morgan fingerprint density at radius 3 is 2.17 bits per heavy atom. The Labute approximate surface area is 141 Å². The number of rotatable bonds is 5. The van der Waals surface area contributed by atoms with Crippen molar-refractivity contribution in [2.45, 2.75) is 44.4 Å². The SMILES string of the molecule is CCCC1CC(=O)C(C(=O)NS(=O)(=O)c2ccc(C)cc2)C(=O)C1. The maximum Gasteiger partial charge on any atom is 0.264 e. The molecule has 130 valence electrons. The number of hydrogen-bond donors (Lipinski definition) is 1. The van der Waals surface area contributed by atoms with Crippen LogP contribution in [0, 0.1) is 18.8 Å². The molecule has 2 rings (SSSR count). The van der Waals surface area contributed by atoms with Gasteiger partial charge in [-0.25, -0.2) is 13.1 Å². The van der Waals surface area contributed by atoms with E-state index in [1.165, 1.54) is 12.1 Å². The molecule has 24 heavy (non-hydrogen) atoms. The number of hydrogen-bond acceptors (Lipinski definition) is 5. The first kappa shape index (κ1) is 18.3. The summed E-state index contributed by atoms with van der Waals surface area (Å²) in [6, 6.07) is 5.94. The minimum Gasteiger partial charge on any atom is -0.298 e. The minimum absolute atomic E-state index is 0.0484. The highest BCUT2D eigenvalue weighted by Gasteiger charge is 2.41. The second-order valence-corrected chi connectivity index (χ2v) is 7.89. The van der Waals surface area contributed by atoms with Gasteiger partial charge in [0, 0.05) is 12.8 Å². The lowest BCUT2D eigenvalue weighted by atomic mass is 9.78. The monoisotopic (exact) mass is 351 g/mol. The number of Topliss-reactive ketones (excluding diaryl/α,β-unsaturated/α-hetero) is 2. The van der Waals surface area contributed by atoms with Crippen molar-refractivity contribution in [1.29, 1.82) is 0 Å². The standard InChI is InChI=1S/C17H21NO5S/c1-3-4-12-9-14(19)16(15(20)10-12)17(21)18-24(22,23)13-7-5-11(2)6-8-13/h5-8,12,16H,3-4,9-10H2,1-2H3,(H,18,21). The largest absolute Gasteiger partial charge is 0.298 e. The van der Waals surface area contributed by atoms with E-state index in [1.54, 1.807) is 19.1 Å². The normalized spacial score (nSPS) is 21.6. The highest BCUT2D eigenvalue weighted by Crippen LogP contribution is 2.27. The molecule has 0 saturated heterocycles. The lowest BCUT2D eigenvalue weighted by Gasteiger charge is -2.25. The van der Waals surface area contributed by atoms with Crippen LogP contribution in [0.4, 0.5) is 0 Å². The van der Waals surface area contributed by atoms with Gasteiger partial charge < -0.3 is 0 Å². The molecule has 0 unspecified atom stereocenters. The molecular weight excluding hydrogens is 330 g/mol. The van der Waals surface area contributed by atoms with E-state index in [9.17, 15) is 22.8 Å². The van der Waals surface area contributed by atoms with Gasteiger partial charge in [-0.3, -0.25) is 14.4 Å². The van der Waals surface area contributed by atoms with Gasteiger partial charge in [0.2, 0.25) is 0 Å². The highest BCUT2D eigenvalue weighted by atomic mass is 32.2. The summed E-state index contributed by atoms with van der Waals surface area (Å²) >= 11 is 0. The van der Waals surface area contributed by atoms with E-state index in [0.29, 0.717) is 0 Å². The summed E-state index contributed by atoms with van der Waals surface area (Å²) in [6.45, 7) is 3.77. The molecule has 6 nitrogen and oxygen atoms in total. The van der Waals surface area contributed by atoms with E-state index in [1.807, 2.05) is 11.6 Å². The van der Waals surface area contributed by atoms with Crippen molar-refractivity contribution < 1.29 is 22.8 Å². The average Bonchev–Trinajstić information content (AvgIpc) is 2.46. The molecular formula is C17H21NO5S. The van der Waals surface area contributed by atoms with Crippen LogP contribution >= 0.6 is 0 Å². The molecule has 7 heteroatoms. The van der Waals surface area contributed by atoms with Gasteiger partial charge in [-0.1, -0.05) is 31.0 Å². The smallest absolute Gasteiger partial charge is 0.264 e. The molecule has 0 bridgehead atoms. The molecule has 1 saturated carbocycles. The number of carbonyl (C=O) groups excluding carboxylic acids is 3. The molecule has 0 heterocycles. The number of aryl methyl sites for hydroxylation is 1. The van der Waals surface area contributed by atoms with Crippen molar-refractivity contribution >= 4 is 27.5 Å². The van der Waals surface area contributed by atoms with E-state index in [4.69, 9.17) is 0 Å². The van der Waals surface area contributed by atoms with Crippen LogP contribution in [0.15, 0.2) is 29.2 Å². The predicted molar refractivity (Wildman–Crippen MR) is 87.6 cm³/mol. The Morgan fingerprint density at radius 2 is 1.67 bits per heavy atom. The molecule has 0 spiro atoms. The van der Waals surface area contributed by atoms with E-state index in [2.05, 4.69) is 0 Å². The van der Waals surface area contributed by atoms with Crippen LogP contribution in [0.1, 0.15) is 38.2 Å². The summed E-state index contributed by atoms with van der Waals surface area (Å²) in [5.41, 5.74) is 0.875. The number of amides is 1. The van der Waals surface area contributed by atoms with E-state index >= 15 is 0 Å². The molecule has 1 aromatic carbocycles. The molecule has 1 N–H and O–H groups in total. The van der Waals surface area contributed by atoms with Crippen LogP contribution in [-0.2, 0) is 24.4 Å². The third kappa shape index (κ3) is 4.08. The summed E-state index contributed by atoms with van der Waals surface area (Å²) in [5.74, 6) is -3.62. The van der Waals surface area contributed by atoms with Crippen LogP contribution in [0.5, 0.6) is 0 Å². The molecule has 1 aromatic rings. The van der Waals surface area contributed by atoms with Crippen LogP contribution < -0.4 is 4.72 Å². The zero-order valence-electron chi connectivity index (χ0n) is 13.7. The van der Waals surface area contributed by atoms with Gasteiger partial charge in [-0.15, -0.1) is 0 Å². The predicted octanol–water partition coefficient (Wildman–Crippen LogP) is 1.76. The molecule has 1 amide bonds. The first-order valence-electron chi connectivity index (χ1n) is 7.93. The summed E-state index contributed by atoms with van der Waals surface area (Å²) < 4.78 is 26.3. The lowest BCUT2D eigenvalue weighted by molar-refractivity contribution is -0.143. The molecule has 1 fully saturated rings. The quantitative estimate of drug-likeness (QED) is 0.815. The Morgan fingerprint density at radius 1 is 1.12 bits per heavy atom. The average molecular weight is 351 g/mol.